The summed E-state index contributed by atoms with van der Waals surface area (Å²) in [7, 11) is 0. The Balaban J connectivity index is 2.15. The standard InChI is InChI=1S/C26H22ClF7O3/c1-13(2)5-21(24(35)36)16-6-15(14-3-4-23(27)22(9-14)26(32,33)34)7-19(8-16)37-20-11-17(25(29,30)31)10-18(28)12-20/h3-4,6-9,11-13,18,21H,5,10H2,1-2H3,(H,35,36). The molecule has 0 spiro atoms. The lowest BCUT2D eigenvalue weighted by Gasteiger charge is -2.21. The number of halogens is 8. The number of hydrogen-bond acceptors (Lipinski definition) is 2. The molecule has 0 aliphatic heterocycles. The first-order chi connectivity index (χ1) is 17.0. The number of carbonyl (C=O) groups is 1. The van der Waals surface area contributed by atoms with E-state index in [-0.39, 0.29) is 34.8 Å². The van der Waals surface area contributed by atoms with Gasteiger partial charge in [0.25, 0.3) is 0 Å². The fourth-order valence-corrected chi connectivity index (χ4v) is 4.17. The van der Waals surface area contributed by atoms with Gasteiger partial charge in [-0.15, -0.1) is 0 Å². The van der Waals surface area contributed by atoms with E-state index in [9.17, 15) is 40.6 Å². The second-order valence-corrected chi connectivity index (χ2v) is 9.47. The zero-order valence-electron chi connectivity index (χ0n) is 19.6. The molecule has 1 aliphatic rings. The van der Waals surface area contributed by atoms with Crippen molar-refractivity contribution < 1.29 is 45.4 Å². The fourth-order valence-electron chi connectivity index (χ4n) is 3.94. The molecule has 0 aromatic heterocycles. The molecule has 11 heteroatoms. The van der Waals surface area contributed by atoms with Crippen LogP contribution >= 0.6 is 11.6 Å². The van der Waals surface area contributed by atoms with Crippen LogP contribution in [0.25, 0.3) is 11.1 Å². The summed E-state index contributed by atoms with van der Waals surface area (Å²) in [6.45, 7) is 3.56. The maximum Gasteiger partial charge on any atom is 0.417 e. The molecular formula is C26H22ClF7O3. The maximum absolute atomic E-state index is 14.0. The van der Waals surface area contributed by atoms with Crippen molar-refractivity contribution in [2.24, 2.45) is 5.92 Å². The summed E-state index contributed by atoms with van der Waals surface area (Å²) in [4.78, 5) is 12.0. The molecule has 200 valence electrons. The number of alkyl halides is 7. The Kier molecular flexibility index (Phi) is 8.31. The molecular weight excluding hydrogens is 529 g/mol. The van der Waals surface area contributed by atoms with Crippen LogP contribution in [0.3, 0.4) is 0 Å². The number of allylic oxidation sites excluding steroid dienone is 3. The third kappa shape index (κ3) is 7.28. The second kappa shape index (κ2) is 10.8. The summed E-state index contributed by atoms with van der Waals surface area (Å²) in [6, 6.07) is 6.99. The largest absolute Gasteiger partial charge is 0.481 e. The van der Waals surface area contributed by atoms with Gasteiger partial charge in [-0.25, -0.2) is 4.39 Å². The van der Waals surface area contributed by atoms with Crippen LogP contribution in [0.2, 0.25) is 5.02 Å². The summed E-state index contributed by atoms with van der Waals surface area (Å²) in [6.07, 6.45) is -10.8. The minimum Gasteiger partial charge on any atom is -0.481 e. The Morgan fingerprint density at radius 2 is 1.73 bits per heavy atom. The van der Waals surface area contributed by atoms with E-state index in [1.54, 1.807) is 13.8 Å². The molecule has 2 aromatic rings. The molecule has 2 unspecified atom stereocenters. The van der Waals surface area contributed by atoms with Gasteiger partial charge in [0.1, 0.15) is 17.7 Å². The van der Waals surface area contributed by atoms with Crippen LogP contribution in [0.5, 0.6) is 5.75 Å². The van der Waals surface area contributed by atoms with Crippen LogP contribution in [0.4, 0.5) is 30.7 Å². The van der Waals surface area contributed by atoms with Crippen molar-refractivity contribution in [3.8, 4) is 16.9 Å². The van der Waals surface area contributed by atoms with Crippen LogP contribution in [0.1, 0.15) is 43.7 Å². The van der Waals surface area contributed by atoms with Crippen LogP contribution < -0.4 is 4.74 Å². The summed E-state index contributed by atoms with van der Waals surface area (Å²) >= 11 is 5.71. The van der Waals surface area contributed by atoms with Crippen molar-refractivity contribution in [1.82, 2.24) is 0 Å². The summed E-state index contributed by atoms with van der Waals surface area (Å²) in [5.41, 5.74) is -1.98. The van der Waals surface area contributed by atoms with Gasteiger partial charge in [-0.1, -0.05) is 37.6 Å². The maximum atomic E-state index is 14.0. The van der Waals surface area contributed by atoms with E-state index in [2.05, 4.69) is 0 Å². The first kappa shape index (κ1) is 28.6. The number of benzene rings is 2. The molecule has 0 bridgehead atoms. The number of hydrogen-bond donors (Lipinski definition) is 1. The summed E-state index contributed by atoms with van der Waals surface area (Å²) < 4.78 is 99.3. The third-order valence-corrected chi connectivity index (χ3v) is 5.95. The molecule has 0 fully saturated rings. The molecule has 1 aliphatic carbocycles. The topological polar surface area (TPSA) is 46.5 Å². The molecule has 0 heterocycles. The minimum absolute atomic E-state index is 0.0182. The Hall–Kier alpha value is -3.01. The van der Waals surface area contributed by atoms with Crippen molar-refractivity contribution in [2.75, 3.05) is 0 Å². The molecule has 1 N–H and O–H groups in total. The average Bonchev–Trinajstić information content (AvgIpc) is 2.75. The van der Waals surface area contributed by atoms with Crippen LogP contribution in [-0.2, 0) is 11.0 Å². The molecule has 3 nitrogen and oxygen atoms in total. The lowest BCUT2D eigenvalue weighted by molar-refractivity contribution is -0.139. The molecule has 3 rings (SSSR count). The summed E-state index contributed by atoms with van der Waals surface area (Å²) in [5.74, 6) is -3.00. The van der Waals surface area contributed by atoms with E-state index >= 15 is 0 Å². The van der Waals surface area contributed by atoms with Gasteiger partial charge in [-0.3, -0.25) is 4.79 Å². The van der Waals surface area contributed by atoms with Crippen molar-refractivity contribution in [3.63, 3.8) is 0 Å². The highest BCUT2D eigenvalue weighted by molar-refractivity contribution is 6.31. The SMILES string of the molecule is CC(C)CC(C(=O)O)c1cc(OC2=CC(F)CC(C(F)(F)F)=C2)cc(-c2ccc(Cl)c(C(F)(F)F)c2)c1. The van der Waals surface area contributed by atoms with Gasteiger partial charge in [-0.05, 0) is 65.4 Å². The van der Waals surface area contributed by atoms with Gasteiger partial charge in [0, 0.05) is 12.0 Å². The van der Waals surface area contributed by atoms with Crippen molar-refractivity contribution in [2.45, 2.75) is 51.1 Å². The summed E-state index contributed by atoms with van der Waals surface area (Å²) in [5, 5.41) is 9.25. The van der Waals surface area contributed by atoms with Crippen LogP contribution in [0, 0.1) is 5.92 Å². The van der Waals surface area contributed by atoms with Crippen molar-refractivity contribution in [3.05, 3.63) is 76.0 Å². The smallest absolute Gasteiger partial charge is 0.417 e. The number of ether oxygens (including phenoxy) is 1. The van der Waals surface area contributed by atoms with Gasteiger partial charge in [0.15, 0.2) is 0 Å². The van der Waals surface area contributed by atoms with Gasteiger partial charge >= 0.3 is 18.3 Å². The second-order valence-electron chi connectivity index (χ2n) is 9.06. The van der Waals surface area contributed by atoms with Gasteiger partial charge in [-0.2, -0.15) is 26.3 Å². The Morgan fingerprint density at radius 1 is 1.05 bits per heavy atom. The molecule has 0 saturated heterocycles. The van der Waals surface area contributed by atoms with Gasteiger partial charge in [0.2, 0.25) is 0 Å². The predicted molar refractivity (Wildman–Crippen MR) is 124 cm³/mol. The van der Waals surface area contributed by atoms with Crippen molar-refractivity contribution in [1.29, 1.82) is 0 Å². The van der Waals surface area contributed by atoms with Gasteiger partial charge in [0.05, 0.1) is 16.5 Å². The lowest BCUT2D eigenvalue weighted by atomic mass is 9.88. The minimum atomic E-state index is -4.79. The lowest BCUT2D eigenvalue weighted by Crippen LogP contribution is -2.19. The normalized spacial score (nSPS) is 17.3. The first-order valence-corrected chi connectivity index (χ1v) is 11.5. The number of carboxylic acids is 1. The fraction of sp³-hybridized carbons (Fsp3) is 0.346. The number of rotatable bonds is 7. The first-order valence-electron chi connectivity index (χ1n) is 11.1. The third-order valence-electron chi connectivity index (χ3n) is 5.62. The molecule has 2 aromatic carbocycles. The molecule has 0 radical (unpaired) electrons. The highest BCUT2D eigenvalue weighted by Gasteiger charge is 2.37. The van der Waals surface area contributed by atoms with Crippen LogP contribution in [-0.4, -0.2) is 23.4 Å². The van der Waals surface area contributed by atoms with E-state index in [1.807, 2.05) is 0 Å². The zero-order valence-corrected chi connectivity index (χ0v) is 20.3. The molecule has 37 heavy (non-hydrogen) atoms. The van der Waals surface area contributed by atoms with Gasteiger partial charge < -0.3 is 9.84 Å². The highest BCUT2D eigenvalue weighted by atomic mass is 35.5. The highest BCUT2D eigenvalue weighted by Crippen LogP contribution is 2.40. The van der Waals surface area contributed by atoms with E-state index < -0.39 is 58.8 Å². The quantitative estimate of drug-likeness (QED) is 0.351. The van der Waals surface area contributed by atoms with Crippen LogP contribution in [0.15, 0.2) is 59.9 Å². The number of carboxylic acid groups (broad SMARTS) is 1. The molecule has 0 amide bonds. The monoisotopic (exact) mass is 550 g/mol. The van der Waals surface area contributed by atoms with Crippen molar-refractivity contribution >= 4 is 17.6 Å². The molecule has 2 atom stereocenters. The predicted octanol–water partition coefficient (Wildman–Crippen LogP) is 8.73. The van der Waals surface area contributed by atoms with E-state index in [0.717, 1.165) is 18.2 Å². The Labute approximate surface area is 213 Å². The van der Waals surface area contributed by atoms with E-state index in [0.29, 0.717) is 6.08 Å². The Morgan fingerprint density at radius 3 is 2.30 bits per heavy atom. The Bertz CT molecular complexity index is 1230. The number of aliphatic carboxylic acids is 1. The average molecular weight is 551 g/mol. The van der Waals surface area contributed by atoms with E-state index in [1.165, 1.54) is 24.3 Å². The zero-order chi connectivity index (χ0) is 27.7. The molecule has 0 saturated carbocycles. The van der Waals surface area contributed by atoms with E-state index in [4.69, 9.17) is 16.3 Å².